The van der Waals surface area contributed by atoms with Crippen molar-refractivity contribution in [1.29, 1.82) is 0 Å². The van der Waals surface area contributed by atoms with Gasteiger partial charge in [-0.2, -0.15) is 0 Å². The third-order valence-corrected chi connectivity index (χ3v) is 3.03. The number of amides is 2. The Bertz CT molecular complexity index is 404. The van der Waals surface area contributed by atoms with E-state index in [0.29, 0.717) is 13.2 Å². The molecule has 0 aliphatic carbocycles. The van der Waals surface area contributed by atoms with Crippen molar-refractivity contribution in [2.24, 2.45) is 0 Å². The number of benzene rings is 1. The standard InChI is InChI=1S/C16H27N3O2/c1-4-5-12-21-13-6-11-17-16(20)18-14-7-9-15(10-8-14)19(2)3/h7-10H,4-6,11-13H2,1-3H3,(H2,17,18,20). The summed E-state index contributed by atoms with van der Waals surface area (Å²) in [5.41, 5.74) is 1.89. The zero-order valence-electron chi connectivity index (χ0n) is 13.3. The first-order valence-corrected chi connectivity index (χ1v) is 7.53. The molecule has 5 heteroatoms. The van der Waals surface area contributed by atoms with Crippen LogP contribution >= 0.6 is 0 Å². The minimum absolute atomic E-state index is 0.179. The number of urea groups is 1. The second-order valence-corrected chi connectivity index (χ2v) is 5.14. The van der Waals surface area contributed by atoms with Crippen molar-refractivity contribution in [3.8, 4) is 0 Å². The number of ether oxygens (including phenoxy) is 1. The molecule has 1 aromatic carbocycles. The highest BCUT2D eigenvalue weighted by atomic mass is 16.5. The summed E-state index contributed by atoms with van der Waals surface area (Å²) in [5, 5.41) is 5.63. The lowest BCUT2D eigenvalue weighted by atomic mass is 10.2. The van der Waals surface area contributed by atoms with Gasteiger partial charge in [0.15, 0.2) is 0 Å². The molecule has 5 nitrogen and oxygen atoms in total. The number of nitrogens with one attached hydrogen (secondary N) is 2. The predicted molar refractivity (Wildman–Crippen MR) is 88.1 cm³/mol. The molecular formula is C16H27N3O2. The van der Waals surface area contributed by atoms with Crippen LogP contribution in [0, 0.1) is 0 Å². The van der Waals surface area contributed by atoms with Gasteiger partial charge in [0.25, 0.3) is 0 Å². The fourth-order valence-electron chi connectivity index (χ4n) is 1.74. The Kier molecular flexibility index (Phi) is 8.28. The molecule has 0 radical (unpaired) electrons. The lowest BCUT2D eigenvalue weighted by molar-refractivity contribution is 0.129. The number of anilines is 2. The van der Waals surface area contributed by atoms with Gasteiger partial charge in [0.2, 0.25) is 0 Å². The van der Waals surface area contributed by atoms with E-state index in [1.54, 1.807) is 0 Å². The number of rotatable bonds is 9. The molecule has 0 aliphatic rings. The Morgan fingerprint density at radius 1 is 1.14 bits per heavy atom. The van der Waals surface area contributed by atoms with E-state index in [0.717, 1.165) is 37.2 Å². The normalized spacial score (nSPS) is 10.2. The van der Waals surface area contributed by atoms with E-state index < -0.39 is 0 Å². The van der Waals surface area contributed by atoms with Crippen LogP contribution in [0.25, 0.3) is 0 Å². The Morgan fingerprint density at radius 3 is 2.43 bits per heavy atom. The molecule has 1 rings (SSSR count). The molecule has 0 spiro atoms. The lowest BCUT2D eigenvalue weighted by Crippen LogP contribution is -2.30. The van der Waals surface area contributed by atoms with Crippen molar-refractivity contribution in [1.82, 2.24) is 5.32 Å². The van der Waals surface area contributed by atoms with Crippen molar-refractivity contribution in [3.05, 3.63) is 24.3 Å². The maximum Gasteiger partial charge on any atom is 0.319 e. The van der Waals surface area contributed by atoms with E-state index >= 15 is 0 Å². The average molecular weight is 293 g/mol. The third kappa shape index (κ3) is 7.56. The number of nitrogens with zero attached hydrogens (tertiary/aromatic N) is 1. The molecule has 0 fully saturated rings. The summed E-state index contributed by atoms with van der Waals surface area (Å²) in [6, 6.07) is 7.54. The summed E-state index contributed by atoms with van der Waals surface area (Å²) >= 11 is 0. The lowest BCUT2D eigenvalue weighted by Gasteiger charge is -2.13. The van der Waals surface area contributed by atoms with E-state index in [2.05, 4.69) is 17.6 Å². The molecule has 0 saturated heterocycles. The fourth-order valence-corrected chi connectivity index (χ4v) is 1.74. The third-order valence-electron chi connectivity index (χ3n) is 3.03. The van der Waals surface area contributed by atoms with Crippen LogP contribution in [0.4, 0.5) is 16.2 Å². The van der Waals surface area contributed by atoms with Gasteiger partial charge in [0.05, 0.1) is 0 Å². The monoisotopic (exact) mass is 293 g/mol. The number of hydrogen-bond donors (Lipinski definition) is 2. The second kappa shape index (κ2) is 10.0. The largest absolute Gasteiger partial charge is 0.381 e. The predicted octanol–water partition coefficient (Wildman–Crippen LogP) is 3.08. The van der Waals surface area contributed by atoms with Crippen LogP contribution in [-0.4, -0.2) is 39.9 Å². The molecule has 1 aromatic rings. The minimum Gasteiger partial charge on any atom is -0.381 e. The first kappa shape index (κ1) is 17.3. The van der Waals surface area contributed by atoms with Crippen LogP contribution in [0.1, 0.15) is 26.2 Å². The molecule has 0 aliphatic heterocycles. The van der Waals surface area contributed by atoms with E-state index in [4.69, 9.17) is 4.74 Å². The van der Waals surface area contributed by atoms with Gasteiger partial charge >= 0.3 is 6.03 Å². The first-order valence-electron chi connectivity index (χ1n) is 7.53. The van der Waals surface area contributed by atoms with Crippen molar-refractivity contribution in [2.75, 3.05) is 44.1 Å². The molecular weight excluding hydrogens is 266 g/mol. The van der Waals surface area contributed by atoms with E-state index in [1.807, 2.05) is 43.3 Å². The highest BCUT2D eigenvalue weighted by Gasteiger charge is 2.01. The summed E-state index contributed by atoms with van der Waals surface area (Å²) in [6.45, 7) is 4.26. The van der Waals surface area contributed by atoms with Crippen LogP contribution in [-0.2, 0) is 4.74 Å². The zero-order chi connectivity index (χ0) is 15.5. The highest BCUT2D eigenvalue weighted by molar-refractivity contribution is 5.89. The maximum atomic E-state index is 11.7. The molecule has 0 aromatic heterocycles. The molecule has 118 valence electrons. The van der Waals surface area contributed by atoms with E-state index in [9.17, 15) is 4.79 Å². The number of carbonyl (C=O) groups is 1. The van der Waals surface area contributed by atoms with Crippen molar-refractivity contribution in [3.63, 3.8) is 0 Å². The van der Waals surface area contributed by atoms with Crippen LogP contribution in [0.2, 0.25) is 0 Å². The Hall–Kier alpha value is -1.75. The molecule has 0 atom stereocenters. The molecule has 0 heterocycles. The van der Waals surface area contributed by atoms with Crippen molar-refractivity contribution >= 4 is 17.4 Å². The van der Waals surface area contributed by atoms with Gasteiger partial charge in [-0.1, -0.05) is 13.3 Å². The van der Waals surface area contributed by atoms with Crippen LogP contribution < -0.4 is 15.5 Å². The van der Waals surface area contributed by atoms with Crippen LogP contribution in [0.3, 0.4) is 0 Å². The zero-order valence-corrected chi connectivity index (χ0v) is 13.3. The smallest absolute Gasteiger partial charge is 0.319 e. The van der Waals surface area contributed by atoms with Crippen molar-refractivity contribution < 1.29 is 9.53 Å². The summed E-state index contributed by atoms with van der Waals surface area (Å²) in [6.07, 6.45) is 3.07. The number of unbranched alkanes of at least 4 members (excludes halogenated alkanes) is 1. The van der Waals surface area contributed by atoms with Gasteiger partial charge in [-0.15, -0.1) is 0 Å². The fraction of sp³-hybridized carbons (Fsp3) is 0.562. The van der Waals surface area contributed by atoms with Crippen LogP contribution in [0.5, 0.6) is 0 Å². The van der Waals surface area contributed by atoms with Gasteiger partial charge in [0, 0.05) is 45.2 Å². The minimum atomic E-state index is -0.179. The molecule has 2 amide bonds. The molecule has 0 unspecified atom stereocenters. The number of carbonyl (C=O) groups excluding carboxylic acids is 1. The molecule has 0 saturated carbocycles. The molecule has 2 N–H and O–H groups in total. The van der Waals surface area contributed by atoms with Crippen molar-refractivity contribution in [2.45, 2.75) is 26.2 Å². The Morgan fingerprint density at radius 2 is 1.81 bits per heavy atom. The van der Waals surface area contributed by atoms with E-state index in [-0.39, 0.29) is 6.03 Å². The molecule has 21 heavy (non-hydrogen) atoms. The van der Waals surface area contributed by atoms with Gasteiger partial charge in [-0.05, 0) is 37.1 Å². The second-order valence-electron chi connectivity index (χ2n) is 5.14. The first-order chi connectivity index (χ1) is 10.1. The van der Waals surface area contributed by atoms with Gasteiger partial charge < -0.3 is 20.3 Å². The van der Waals surface area contributed by atoms with E-state index in [1.165, 1.54) is 0 Å². The summed E-state index contributed by atoms with van der Waals surface area (Å²) in [4.78, 5) is 13.7. The van der Waals surface area contributed by atoms with Gasteiger partial charge in [-0.25, -0.2) is 4.79 Å². The highest BCUT2D eigenvalue weighted by Crippen LogP contribution is 2.15. The Balaban J connectivity index is 2.15. The van der Waals surface area contributed by atoms with Gasteiger partial charge in [0.1, 0.15) is 0 Å². The van der Waals surface area contributed by atoms with Gasteiger partial charge in [-0.3, -0.25) is 0 Å². The summed E-state index contributed by atoms with van der Waals surface area (Å²) < 4.78 is 5.43. The quantitative estimate of drug-likeness (QED) is 0.688. The SMILES string of the molecule is CCCCOCCCNC(=O)Nc1ccc(N(C)C)cc1. The number of hydrogen-bond acceptors (Lipinski definition) is 3. The van der Waals surface area contributed by atoms with Crippen LogP contribution in [0.15, 0.2) is 24.3 Å². The molecule has 0 bridgehead atoms. The summed E-state index contributed by atoms with van der Waals surface area (Å²) in [7, 11) is 3.97. The maximum absolute atomic E-state index is 11.7. The Labute approximate surface area is 127 Å². The summed E-state index contributed by atoms with van der Waals surface area (Å²) in [5.74, 6) is 0. The average Bonchev–Trinajstić information content (AvgIpc) is 2.47. The topological polar surface area (TPSA) is 53.6 Å².